The molecule has 0 heterocycles. The van der Waals surface area contributed by atoms with Crippen molar-refractivity contribution in [1.82, 2.24) is 0 Å². The highest BCUT2D eigenvalue weighted by molar-refractivity contribution is 5.99. The van der Waals surface area contributed by atoms with Crippen molar-refractivity contribution in [2.45, 2.75) is 13.3 Å². The molecule has 1 aromatic carbocycles. The van der Waals surface area contributed by atoms with Crippen LogP contribution in [0.5, 0.6) is 5.75 Å². The molecule has 0 bridgehead atoms. The van der Waals surface area contributed by atoms with Crippen molar-refractivity contribution in [2.75, 3.05) is 20.3 Å². The van der Waals surface area contributed by atoms with Crippen LogP contribution in [0.15, 0.2) is 24.3 Å². The topological polar surface area (TPSA) is 72.8 Å². The highest BCUT2D eigenvalue weighted by Gasteiger charge is 2.18. The Morgan fingerprint density at radius 3 is 2.37 bits per heavy atom. The molecule has 1 unspecified atom stereocenters. The van der Waals surface area contributed by atoms with Crippen molar-refractivity contribution >= 4 is 11.8 Å². The summed E-state index contributed by atoms with van der Waals surface area (Å²) in [4.78, 5) is 22.5. The van der Waals surface area contributed by atoms with Gasteiger partial charge in [0.1, 0.15) is 12.4 Å². The van der Waals surface area contributed by atoms with E-state index in [9.17, 15) is 9.59 Å². The Hall–Kier alpha value is -1.88. The van der Waals surface area contributed by atoms with Gasteiger partial charge in [-0.3, -0.25) is 9.59 Å². The summed E-state index contributed by atoms with van der Waals surface area (Å²) in [6.45, 7) is 2.55. The number of Topliss-reactive ketones (excluding diaryl/α,β-unsaturated/α-hetero) is 1. The van der Waals surface area contributed by atoms with Crippen LogP contribution in [-0.4, -0.2) is 37.2 Å². The third kappa shape index (κ3) is 5.09. The Labute approximate surface area is 112 Å². The predicted octanol–water partition coefficient (Wildman–Crippen LogP) is 2.01. The van der Waals surface area contributed by atoms with Gasteiger partial charge in [-0.2, -0.15) is 0 Å². The molecule has 1 atom stereocenters. The zero-order valence-corrected chi connectivity index (χ0v) is 11.1. The molecule has 0 aliphatic heterocycles. The van der Waals surface area contributed by atoms with Crippen molar-refractivity contribution in [2.24, 2.45) is 5.92 Å². The SMILES string of the molecule is COCCOc1ccc(C(=O)C(C)CC(=O)O)cc1. The number of carbonyl (C=O) groups excluding carboxylic acids is 1. The van der Waals surface area contributed by atoms with Crippen LogP contribution in [0.25, 0.3) is 0 Å². The molecule has 0 aliphatic rings. The summed E-state index contributed by atoms with van der Waals surface area (Å²) in [5, 5.41) is 8.66. The number of aliphatic carboxylic acids is 1. The number of benzene rings is 1. The molecule has 19 heavy (non-hydrogen) atoms. The van der Waals surface area contributed by atoms with E-state index >= 15 is 0 Å². The van der Waals surface area contributed by atoms with Crippen LogP contribution in [-0.2, 0) is 9.53 Å². The number of carbonyl (C=O) groups is 2. The number of carboxylic acid groups (broad SMARTS) is 1. The summed E-state index contributed by atoms with van der Waals surface area (Å²) in [6, 6.07) is 6.67. The lowest BCUT2D eigenvalue weighted by Crippen LogP contribution is -2.15. The first-order chi connectivity index (χ1) is 9.04. The first kappa shape index (κ1) is 15.2. The molecule has 1 N–H and O–H groups in total. The van der Waals surface area contributed by atoms with E-state index in [4.69, 9.17) is 14.6 Å². The maximum atomic E-state index is 11.9. The highest BCUT2D eigenvalue weighted by Crippen LogP contribution is 2.16. The summed E-state index contributed by atoms with van der Waals surface area (Å²) >= 11 is 0. The summed E-state index contributed by atoms with van der Waals surface area (Å²) in [6.07, 6.45) is -0.162. The second-order valence-electron chi connectivity index (χ2n) is 4.23. The van der Waals surface area contributed by atoms with E-state index in [2.05, 4.69) is 0 Å². The Kier molecular flexibility index (Phi) is 6.02. The normalized spacial score (nSPS) is 11.9. The quantitative estimate of drug-likeness (QED) is 0.575. The van der Waals surface area contributed by atoms with Gasteiger partial charge in [0, 0.05) is 18.6 Å². The van der Waals surface area contributed by atoms with Crippen molar-refractivity contribution in [3.05, 3.63) is 29.8 Å². The fourth-order valence-corrected chi connectivity index (χ4v) is 1.60. The van der Waals surface area contributed by atoms with Crippen molar-refractivity contribution in [3.8, 4) is 5.75 Å². The van der Waals surface area contributed by atoms with Crippen LogP contribution in [0.3, 0.4) is 0 Å². The van der Waals surface area contributed by atoms with Gasteiger partial charge in [-0.05, 0) is 24.3 Å². The van der Waals surface area contributed by atoms with Gasteiger partial charge >= 0.3 is 5.97 Å². The van der Waals surface area contributed by atoms with Crippen molar-refractivity contribution in [3.63, 3.8) is 0 Å². The molecule has 0 fully saturated rings. The van der Waals surface area contributed by atoms with Crippen molar-refractivity contribution in [1.29, 1.82) is 0 Å². The minimum atomic E-state index is -0.972. The van der Waals surface area contributed by atoms with Gasteiger partial charge in [0.15, 0.2) is 5.78 Å². The second kappa shape index (κ2) is 7.53. The van der Waals surface area contributed by atoms with Gasteiger partial charge in [0.05, 0.1) is 13.0 Å². The number of hydrogen-bond donors (Lipinski definition) is 1. The molecule has 0 aliphatic carbocycles. The van der Waals surface area contributed by atoms with Crippen molar-refractivity contribution < 1.29 is 24.2 Å². The van der Waals surface area contributed by atoms with E-state index in [-0.39, 0.29) is 12.2 Å². The van der Waals surface area contributed by atoms with Crippen LogP contribution < -0.4 is 4.74 Å². The van der Waals surface area contributed by atoms with Gasteiger partial charge in [-0.25, -0.2) is 0 Å². The number of rotatable bonds is 8. The average Bonchev–Trinajstić information content (AvgIpc) is 2.38. The fraction of sp³-hybridized carbons (Fsp3) is 0.429. The van der Waals surface area contributed by atoms with E-state index in [1.807, 2.05) is 0 Å². The molecule has 0 aromatic heterocycles. The van der Waals surface area contributed by atoms with E-state index in [1.165, 1.54) is 0 Å². The zero-order chi connectivity index (χ0) is 14.3. The molecule has 5 nitrogen and oxygen atoms in total. The monoisotopic (exact) mass is 266 g/mol. The summed E-state index contributed by atoms with van der Waals surface area (Å²) in [5.74, 6) is -1.02. The van der Waals surface area contributed by atoms with Gasteiger partial charge in [-0.15, -0.1) is 0 Å². The Balaban J connectivity index is 2.60. The smallest absolute Gasteiger partial charge is 0.304 e. The minimum Gasteiger partial charge on any atom is -0.491 e. The number of ketones is 1. The van der Waals surface area contributed by atoms with E-state index < -0.39 is 11.9 Å². The van der Waals surface area contributed by atoms with E-state index in [0.717, 1.165) is 0 Å². The average molecular weight is 266 g/mol. The van der Waals surface area contributed by atoms with E-state index in [1.54, 1.807) is 38.3 Å². The molecule has 0 saturated heterocycles. The molecule has 0 radical (unpaired) electrons. The number of hydrogen-bond acceptors (Lipinski definition) is 4. The van der Waals surface area contributed by atoms with Crippen LogP contribution in [0, 0.1) is 5.92 Å². The molecule has 0 amide bonds. The second-order valence-corrected chi connectivity index (χ2v) is 4.23. The predicted molar refractivity (Wildman–Crippen MR) is 69.6 cm³/mol. The Bertz CT molecular complexity index is 424. The molecular weight excluding hydrogens is 248 g/mol. The highest BCUT2D eigenvalue weighted by atomic mass is 16.5. The zero-order valence-electron chi connectivity index (χ0n) is 11.1. The summed E-state index contributed by atoms with van der Waals surface area (Å²) in [7, 11) is 1.59. The molecule has 0 spiro atoms. The van der Waals surface area contributed by atoms with Gasteiger partial charge < -0.3 is 14.6 Å². The standard InChI is InChI=1S/C14H18O5/c1-10(9-13(15)16)14(17)11-3-5-12(6-4-11)19-8-7-18-2/h3-6,10H,7-9H2,1-2H3,(H,15,16). The van der Waals surface area contributed by atoms with Crippen LogP contribution in [0.2, 0.25) is 0 Å². The number of methoxy groups -OCH3 is 1. The summed E-state index contributed by atoms with van der Waals surface area (Å²) in [5.41, 5.74) is 0.493. The van der Waals surface area contributed by atoms with Crippen LogP contribution in [0.4, 0.5) is 0 Å². The number of carboxylic acids is 1. The third-order valence-electron chi connectivity index (χ3n) is 2.62. The lowest BCUT2D eigenvalue weighted by Gasteiger charge is -2.09. The number of ether oxygens (including phenoxy) is 2. The lowest BCUT2D eigenvalue weighted by molar-refractivity contribution is -0.137. The van der Waals surface area contributed by atoms with Gasteiger partial charge in [-0.1, -0.05) is 6.92 Å². The first-order valence-corrected chi connectivity index (χ1v) is 6.02. The maximum Gasteiger partial charge on any atom is 0.304 e. The molecule has 0 saturated carbocycles. The molecule has 1 rings (SSSR count). The van der Waals surface area contributed by atoms with Crippen LogP contribution in [0.1, 0.15) is 23.7 Å². The van der Waals surface area contributed by atoms with Gasteiger partial charge in [0.2, 0.25) is 0 Å². The maximum absolute atomic E-state index is 11.9. The Morgan fingerprint density at radius 2 is 1.84 bits per heavy atom. The summed E-state index contributed by atoms with van der Waals surface area (Å²) < 4.78 is 10.2. The Morgan fingerprint density at radius 1 is 1.21 bits per heavy atom. The first-order valence-electron chi connectivity index (χ1n) is 6.02. The largest absolute Gasteiger partial charge is 0.491 e. The molecule has 5 heteroatoms. The molecule has 104 valence electrons. The fourth-order valence-electron chi connectivity index (χ4n) is 1.60. The molecule has 1 aromatic rings. The third-order valence-corrected chi connectivity index (χ3v) is 2.62. The minimum absolute atomic E-state index is 0.162. The van der Waals surface area contributed by atoms with E-state index in [0.29, 0.717) is 24.5 Å². The molecular formula is C14H18O5. The lowest BCUT2D eigenvalue weighted by atomic mass is 9.96. The van der Waals surface area contributed by atoms with Gasteiger partial charge in [0.25, 0.3) is 0 Å². The van der Waals surface area contributed by atoms with Crippen LogP contribution >= 0.6 is 0 Å².